The minimum atomic E-state index is -0.554. The molecule has 2 unspecified atom stereocenters. The van der Waals surface area contributed by atoms with Crippen molar-refractivity contribution in [3.8, 4) is 0 Å². The zero-order chi connectivity index (χ0) is 13.1. The molecule has 0 radical (unpaired) electrons. The summed E-state index contributed by atoms with van der Waals surface area (Å²) < 4.78 is 5.38. The van der Waals surface area contributed by atoms with E-state index in [-0.39, 0.29) is 11.5 Å². The van der Waals surface area contributed by atoms with Crippen LogP contribution in [-0.4, -0.2) is 29.4 Å². The van der Waals surface area contributed by atoms with E-state index in [0.29, 0.717) is 12.2 Å². The lowest BCUT2D eigenvalue weighted by molar-refractivity contribution is -0.0699. The van der Waals surface area contributed by atoms with Crippen molar-refractivity contribution in [3.63, 3.8) is 0 Å². The van der Waals surface area contributed by atoms with E-state index >= 15 is 0 Å². The number of nitrogens with two attached hydrogens (primary N) is 1. The number of aliphatic hydroxyl groups excluding tert-OH is 1. The van der Waals surface area contributed by atoms with Gasteiger partial charge in [0.15, 0.2) is 0 Å². The lowest BCUT2D eigenvalue weighted by atomic mass is 9.84. The fraction of sp³-hybridized carbons (Fsp3) is 0.615. The molecule has 0 aromatic carbocycles. The number of pyridine rings is 1. The molecule has 0 saturated heterocycles. The normalized spacial score (nSPS) is 15.6. The molecule has 0 aliphatic heterocycles. The molecule has 0 spiro atoms. The molecule has 0 amide bonds. The van der Waals surface area contributed by atoms with Crippen LogP contribution in [0.25, 0.3) is 0 Å². The van der Waals surface area contributed by atoms with Gasteiger partial charge >= 0.3 is 0 Å². The van der Waals surface area contributed by atoms with Crippen molar-refractivity contribution in [2.24, 2.45) is 5.41 Å². The van der Waals surface area contributed by atoms with Gasteiger partial charge in [-0.1, -0.05) is 20.8 Å². The maximum absolute atomic E-state index is 10.2. The third kappa shape index (κ3) is 3.98. The number of rotatable bonds is 4. The highest BCUT2D eigenvalue weighted by Gasteiger charge is 2.31. The standard InChI is InChI=1S/C13H22N2O2/c1-13(2,3)12(17-4)10(16)7-9-5-6-15-11(14)8-9/h5-6,8,10,12,16H,7H2,1-4H3,(H2,14,15). The van der Waals surface area contributed by atoms with E-state index in [1.807, 2.05) is 26.8 Å². The molecular weight excluding hydrogens is 216 g/mol. The number of aromatic nitrogens is 1. The van der Waals surface area contributed by atoms with Crippen LogP contribution in [0, 0.1) is 5.41 Å². The van der Waals surface area contributed by atoms with E-state index in [1.54, 1.807) is 19.4 Å². The Bertz CT molecular complexity index is 361. The van der Waals surface area contributed by atoms with Crippen LogP contribution >= 0.6 is 0 Å². The van der Waals surface area contributed by atoms with Gasteiger partial charge in [0.1, 0.15) is 5.82 Å². The summed E-state index contributed by atoms with van der Waals surface area (Å²) in [6.45, 7) is 6.14. The molecule has 0 bridgehead atoms. The smallest absolute Gasteiger partial charge is 0.123 e. The summed E-state index contributed by atoms with van der Waals surface area (Å²) in [5.74, 6) is 0.472. The molecule has 96 valence electrons. The number of hydrogen-bond acceptors (Lipinski definition) is 4. The molecule has 1 aromatic heterocycles. The van der Waals surface area contributed by atoms with Gasteiger partial charge in [0, 0.05) is 19.7 Å². The van der Waals surface area contributed by atoms with Crippen LogP contribution in [-0.2, 0) is 11.2 Å². The zero-order valence-electron chi connectivity index (χ0n) is 11.0. The quantitative estimate of drug-likeness (QED) is 0.836. The minimum Gasteiger partial charge on any atom is -0.390 e. The van der Waals surface area contributed by atoms with Crippen molar-refractivity contribution < 1.29 is 9.84 Å². The van der Waals surface area contributed by atoms with Gasteiger partial charge in [-0.25, -0.2) is 4.98 Å². The van der Waals surface area contributed by atoms with E-state index in [4.69, 9.17) is 10.5 Å². The van der Waals surface area contributed by atoms with Crippen molar-refractivity contribution >= 4 is 5.82 Å². The van der Waals surface area contributed by atoms with Gasteiger partial charge in [-0.3, -0.25) is 0 Å². The van der Waals surface area contributed by atoms with Crippen molar-refractivity contribution in [1.82, 2.24) is 4.98 Å². The largest absolute Gasteiger partial charge is 0.390 e. The van der Waals surface area contributed by atoms with Crippen LogP contribution in [0.1, 0.15) is 26.3 Å². The average molecular weight is 238 g/mol. The Kier molecular flexibility index (Phi) is 4.48. The Labute approximate surface area is 103 Å². The van der Waals surface area contributed by atoms with Crippen LogP contribution in [0.15, 0.2) is 18.3 Å². The number of nitrogens with zero attached hydrogens (tertiary/aromatic N) is 1. The lowest BCUT2D eigenvalue weighted by Crippen LogP contribution is -2.40. The number of hydrogen-bond donors (Lipinski definition) is 2. The van der Waals surface area contributed by atoms with E-state index in [9.17, 15) is 5.11 Å². The summed E-state index contributed by atoms with van der Waals surface area (Å²) in [5, 5.41) is 10.2. The number of methoxy groups -OCH3 is 1. The van der Waals surface area contributed by atoms with Crippen molar-refractivity contribution in [2.75, 3.05) is 12.8 Å². The van der Waals surface area contributed by atoms with Crippen LogP contribution in [0.2, 0.25) is 0 Å². The van der Waals surface area contributed by atoms with E-state index in [2.05, 4.69) is 4.98 Å². The first-order valence-corrected chi connectivity index (χ1v) is 5.76. The van der Waals surface area contributed by atoms with E-state index in [0.717, 1.165) is 5.56 Å². The Morgan fingerprint density at radius 1 is 1.47 bits per heavy atom. The predicted molar refractivity (Wildman–Crippen MR) is 68.6 cm³/mol. The van der Waals surface area contributed by atoms with E-state index < -0.39 is 6.10 Å². The molecule has 4 nitrogen and oxygen atoms in total. The van der Waals surface area contributed by atoms with Crippen LogP contribution in [0.5, 0.6) is 0 Å². The van der Waals surface area contributed by atoms with E-state index in [1.165, 1.54) is 0 Å². The van der Waals surface area contributed by atoms with Crippen molar-refractivity contribution in [1.29, 1.82) is 0 Å². The second-order valence-corrected chi connectivity index (χ2v) is 5.38. The second kappa shape index (κ2) is 5.47. The monoisotopic (exact) mass is 238 g/mol. The molecule has 1 rings (SSSR count). The molecule has 0 aliphatic rings. The van der Waals surface area contributed by atoms with Gasteiger partial charge in [-0.15, -0.1) is 0 Å². The molecular formula is C13H22N2O2. The summed E-state index contributed by atoms with van der Waals surface area (Å²) in [6, 6.07) is 3.63. The molecule has 17 heavy (non-hydrogen) atoms. The second-order valence-electron chi connectivity index (χ2n) is 5.38. The Morgan fingerprint density at radius 3 is 2.59 bits per heavy atom. The molecule has 4 heteroatoms. The fourth-order valence-corrected chi connectivity index (χ4v) is 2.06. The predicted octanol–water partition coefficient (Wildman–Crippen LogP) is 1.63. The number of aliphatic hydroxyl groups is 1. The zero-order valence-corrected chi connectivity index (χ0v) is 11.0. The third-order valence-electron chi connectivity index (χ3n) is 2.75. The highest BCUT2D eigenvalue weighted by Crippen LogP contribution is 2.26. The molecule has 1 aromatic rings. The summed E-state index contributed by atoms with van der Waals surface area (Å²) in [4.78, 5) is 3.93. The summed E-state index contributed by atoms with van der Waals surface area (Å²) >= 11 is 0. The first-order chi connectivity index (χ1) is 7.84. The molecule has 0 fully saturated rings. The SMILES string of the molecule is COC(C(O)Cc1ccnc(N)c1)C(C)(C)C. The molecule has 0 aliphatic carbocycles. The highest BCUT2D eigenvalue weighted by molar-refractivity contribution is 5.32. The number of nitrogen functional groups attached to an aromatic ring is 1. The first kappa shape index (κ1) is 13.9. The van der Waals surface area contributed by atoms with Crippen molar-refractivity contribution in [2.45, 2.75) is 39.4 Å². The van der Waals surface area contributed by atoms with Gasteiger partial charge in [-0.2, -0.15) is 0 Å². The maximum atomic E-state index is 10.2. The Hall–Kier alpha value is -1.13. The van der Waals surface area contributed by atoms with Gasteiger partial charge in [0.05, 0.1) is 12.2 Å². The van der Waals surface area contributed by atoms with Gasteiger partial charge < -0.3 is 15.6 Å². The Balaban J connectivity index is 2.74. The summed E-state index contributed by atoms with van der Waals surface area (Å²) in [5.41, 5.74) is 6.47. The van der Waals surface area contributed by atoms with Crippen molar-refractivity contribution in [3.05, 3.63) is 23.9 Å². The number of anilines is 1. The minimum absolute atomic E-state index is 0.104. The first-order valence-electron chi connectivity index (χ1n) is 5.76. The topological polar surface area (TPSA) is 68.4 Å². The van der Waals surface area contributed by atoms with Crippen LogP contribution in [0.3, 0.4) is 0 Å². The van der Waals surface area contributed by atoms with Gasteiger partial charge in [-0.05, 0) is 23.1 Å². The summed E-state index contributed by atoms with van der Waals surface area (Å²) in [6.07, 6.45) is 1.40. The molecule has 2 atom stereocenters. The third-order valence-corrected chi connectivity index (χ3v) is 2.75. The molecule has 0 saturated carbocycles. The van der Waals surface area contributed by atoms with Crippen LogP contribution < -0.4 is 5.73 Å². The molecule has 1 heterocycles. The average Bonchev–Trinajstić information content (AvgIpc) is 2.15. The molecule has 3 N–H and O–H groups in total. The maximum Gasteiger partial charge on any atom is 0.123 e. The number of ether oxygens (including phenoxy) is 1. The fourth-order valence-electron chi connectivity index (χ4n) is 2.06. The Morgan fingerprint density at radius 2 is 2.12 bits per heavy atom. The lowest BCUT2D eigenvalue weighted by Gasteiger charge is -2.33. The summed E-state index contributed by atoms with van der Waals surface area (Å²) in [7, 11) is 1.63. The van der Waals surface area contributed by atoms with Crippen LogP contribution in [0.4, 0.5) is 5.82 Å². The highest BCUT2D eigenvalue weighted by atomic mass is 16.5. The van der Waals surface area contributed by atoms with Gasteiger partial charge in [0.25, 0.3) is 0 Å². The van der Waals surface area contributed by atoms with Gasteiger partial charge in [0.2, 0.25) is 0 Å².